The lowest BCUT2D eigenvalue weighted by Crippen LogP contribution is -1.97. The zero-order valence-corrected chi connectivity index (χ0v) is 7.94. The molecule has 0 saturated carbocycles. The van der Waals surface area contributed by atoms with E-state index in [0.717, 1.165) is 11.1 Å². The Bertz CT molecular complexity index is 395. The third-order valence-electron chi connectivity index (χ3n) is 3.57. The summed E-state index contributed by atoms with van der Waals surface area (Å²) in [5.41, 5.74) is 1.87. The monoisotopic (exact) mass is 188 g/mol. The van der Waals surface area contributed by atoms with Crippen molar-refractivity contribution in [3.8, 4) is 11.5 Å². The van der Waals surface area contributed by atoms with Crippen LogP contribution in [0.2, 0.25) is 0 Å². The summed E-state index contributed by atoms with van der Waals surface area (Å²) in [6.45, 7) is 2.16. The van der Waals surface area contributed by atoms with E-state index in [0.29, 0.717) is 29.3 Å². The fourth-order valence-electron chi connectivity index (χ4n) is 2.85. The normalized spacial score (nSPS) is 32.2. The first-order valence-electron chi connectivity index (χ1n) is 4.93. The van der Waals surface area contributed by atoms with Crippen LogP contribution in [0.15, 0.2) is 24.3 Å². The molecule has 0 amide bonds. The van der Waals surface area contributed by atoms with Gasteiger partial charge in [-0.1, -0.05) is 19.1 Å². The van der Waals surface area contributed by atoms with Crippen molar-refractivity contribution in [3.05, 3.63) is 35.4 Å². The number of rotatable bonds is 0. The molecule has 2 atom stereocenters. The fraction of sp³-hybridized carbons (Fsp3) is 0.333. The average Bonchev–Trinajstić information content (AvgIpc) is 2.67. The molecule has 2 unspecified atom stereocenters. The second-order valence-electron chi connectivity index (χ2n) is 4.23. The van der Waals surface area contributed by atoms with Gasteiger partial charge in [-0.05, 0) is 18.1 Å². The van der Waals surface area contributed by atoms with Gasteiger partial charge in [0.1, 0.15) is 11.5 Å². The van der Waals surface area contributed by atoms with E-state index in [1.54, 1.807) is 12.1 Å². The molecule has 1 aromatic carbocycles. The van der Waals surface area contributed by atoms with Gasteiger partial charge in [0, 0.05) is 23.0 Å². The summed E-state index contributed by atoms with van der Waals surface area (Å²) in [5, 5.41) is 19.5. The Morgan fingerprint density at radius 1 is 0.929 bits per heavy atom. The summed E-state index contributed by atoms with van der Waals surface area (Å²) in [4.78, 5) is 0. The number of hydrogen-bond donors (Lipinski definition) is 2. The van der Waals surface area contributed by atoms with Crippen LogP contribution in [-0.2, 0) is 0 Å². The van der Waals surface area contributed by atoms with Gasteiger partial charge in [-0.3, -0.25) is 0 Å². The number of aromatic hydroxyl groups is 2. The predicted molar refractivity (Wildman–Crippen MR) is 53.6 cm³/mol. The molecule has 0 saturated heterocycles. The quantitative estimate of drug-likeness (QED) is 0.485. The van der Waals surface area contributed by atoms with Crippen molar-refractivity contribution < 1.29 is 10.2 Å². The molecule has 0 spiro atoms. The van der Waals surface area contributed by atoms with E-state index >= 15 is 0 Å². The van der Waals surface area contributed by atoms with Gasteiger partial charge in [0.25, 0.3) is 0 Å². The van der Waals surface area contributed by atoms with Gasteiger partial charge < -0.3 is 10.2 Å². The molecule has 2 N–H and O–H groups in total. The van der Waals surface area contributed by atoms with Gasteiger partial charge in [0.05, 0.1) is 0 Å². The van der Waals surface area contributed by atoms with Crippen molar-refractivity contribution in [1.82, 2.24) is 0 Å². The molecule has 0 heterocycles. The molecule has 2 bridgehead atoms. The van der Waals surface area contributed by atoms with Crippen LogP contribution in [0.1, 0.15) is 29.9 Å². The van der Waals surface area contributed by atoms with Crippen molar-refractivity contribution in [2.45, 2.75) is 18.8 Å². The Balaban J connectivity index is 2.31. The molecule has 0 radical (unpaired) electrons. The summed E-state index contributed by atoms with van der Waals surface area (Å²) >= 11 is 0. The van der Waals surface area contributed by atoms with Crippen LogP contribution >= 0.6 is 0 Å². The third kappa shape index (κ3) is 0.722. The lowest BCUT2D eigenvalue weighted by molar-refractivity contribution is 0.451. The van der Waals surface area contributed by atoms with Gasteiger partial charge in [-0.25, -0.2) is 0 Å². The van der Waals surface area contributed by atoms with Crippen LogP contribution in [-0.4, -0.2) is 10.2 Å². The Morgan fingerprint density at radius 3 is 1.79 bits per heavy atom. The summed E-state index contributed by atoms with van der Waals surface area (Å²) in [5.74, 6) is 1.71. The fourth-order valence-corrected chi connectivity index (χ4v) is 2.85. The molecule has 2 aliphatic rings. The first kappa shape index (κ1) is 7.92. The van der Waals surface area contributed by atoms with Crippen molar-refractivity contribution in [1.29, 1.82) is 0 Å². The summed E-state index contributed by atoms with van der Waals surface area (Å²) < 4.78 is 0. The van der Waals surface area contributed by atoms with E-state index in [2.05, 4.69) is 19.1 Å². The number of fused-ring (bicyclic) bond motifs is 5. The molecular weight excluding hydrogens is 176 g/mol. The molecule has 0 aliphatic heterocycles. The first-order chi connectivity index (χ1) is 6.70. The minimum Gasteiger partial charge on any atom is -0.508 e. The standard InChI is InChI=1S/C12H12O2/c1-6-7-2-3-8(6)12-10(14)5-4-9(13)11(7)12/h2-8,13-14H,1H3. The van der Waals surface area contributed by atoms with Gasteiger partial charge in [-0.15, -0.1) is 0 Å². The molecule has 0 fully saturated rings. The third-order valence-corrected chi connectivity index (χ3v) is 3.57. The highest BCUT2D eigenvalue weighted by atomic mass is 16.3. The maximum Gasteiger partial charge on any atom is 0.119 e. The van der Waals surface area contributed by atoms with Crippen LogP contribution in [0.5, 0.6) is 11.5 Å². The van der Waals surface area contributed by atoms with Crippen LogP contribution < -0.4 is 0 Å². The molecule has 72 valence electrons. The second kappa shape index (κ2) is 2.32. The highest BCUT2D eigenvalue weighted by Gasteiger charge is 2.42. The number of hydrogen-bond acceptors (Lipinski definition) is 2. The smallest absolute Gasteiger partial charge is 0.119 e. The van der Waals surface area contributed by atoms with E-state index in [-0.39, 0.29) is 0 Å². The minimum atomic E-state index is 0.294. The topological polar surface area (TPSA) is 40.5 Å². The Hall–Kier alpha value is -1.44. The average molecular weight is 188 g/mol. The number of allylic oxidation sites excluding steroid dienone is 2. The van der Waals surface area contributed by atoms with Crippen molar-refractivity contribution in [2.24, 2.45) is 5.92 Å². The van der Waals surface area contributed by atoms with Crippen LogP contribution in [0.3, 0.4) is 0 Å². The number of phenolic OH excluding ortho intramolecular Hbond substituents is 2. The largest absolute Gasteiger partial charge is 0.508 e. The first-order valence-corrected chi connectivity index (χ1v) is 4.93. The van der Waals surface area contributed by atoms with Crippen molar-refractivity contribution in [3.63, 3.8) is 0 Å². The van der Waals surface area contributed by atoms with E-state index in [9.17, 15) is 10.2 Å². The Morgan fingerprint density at radius 2 is 1.36 bits per heavy atom. The Labute approximate surface area is 82.5 Å². The maximum atomic E-state index is 9.75. The second-order valence-corrected chi connectivity index (χ2v) is 4.23. The molecule has 2 nitrogen and oxygen atoms in total. The molecule has 1 aromatic rings. The van der Waals surface area contributed by atoms with Crippen LogP contribution in [0.4, 0.5) is 0 Å². The van der Waals surface area contributed by atoms with E-state index in [1.165, 1.54) is 0 Å². The molecule has 14 heavy (non-hydrogen) atoms. The number of phenols is 2. The lowest BCUT2D eigenvalue weighted by atomic mass is 9.95. The number of benzene rings is 1. The predicted octanol–water partition coefficient (Wildman–Crippen LogP) is 2.48. The highest BCUT2D eigenvalue weighted by Crippen LogP contribution is 2.57. The van der Waals surface area contributed by atoms with Gasteiger partial charge in [0.15, 0.2) is 0 Å². The minimum absolute atomic E-state index is 0.294. The zero-order chi connectivity index (χ0) is 9.87. The van der Waals surface area contributed by atoms with Crippen molar-refractivity contribution >= 4 is 0 Å². The van der Waals surface area contributed by atoms with Crippen LogP contribution in [0.25, 0.3) is 0 Å². The van der Waals surface area contributed by atoms with Crippen molar-refractivity contribution in [2.75, 3.05) is 0 Å². The maximum absolute atomic E-state index is 9.75. The molecule has 0 aromatic heterocycles. The molecule has 3 rings (SSSR count). The lowest BCUT2D eigenvalue weighted by Gasteiger charge is -2.13. The van der Waals surface area contributed by atoms with Gasteiger partial charge in [-0.2, -0.15) is 0 Å². The van der Waals surface area contributed by atoms with E-state index in [1.807, 2.05) is 0 Å². The zero-order valence-electron chi connectivity index (χ0n) is 7.94. The van der Waals surface area contributed by atoms with E-state index in [4.69, 9.17) is 0 Å². The Kier molecular flexibility index (Phi) is 1.31. The van der Waals surface area contributed by atoms with E-state index < -0.39 is 0 Å². The molecule has 2 aliphatic carbocycles. The molecular formula is C12H12O2. The highest BCUT2D eigenvalue weighted by molar-refractivity contribution is 5.60. The van der Waals surface area contributed by atoms with Gasteiger partial charge in [0.2, 0.25) is 0 Å². The summed E-state index contributed by atoms with van der Waals surface area (Å²) in [6.07, 6.45) is 4.27. The molecule has 2 heteroatoms. The van der Waals surface area contributed by atoms with Gasteiger partial charge >= 0.3 is 0 Å². The van der Waals surface area contributed by atoms with Crippen LogP contribution in [0, 0.1) is 5.92 Å². The summed E-state index contributed by atoms with van der Waals surface area (Å²) in [6, 6.07) is 3.16. The summed E-state index contributed by atoms with van der Waals surface area (Å²) in [7, 11) is 0. The SMILES string of the molecule is CC1C2C=CC1c1c(O)ccc(O)c12.